The van der Waals surface area contributed by atoms with Crippen LogP contribution in [-0.4, -0.2) is 23.6 Å². The number of carbonyl (C=O) groups excluding carboxylic acids is 2. The van der Waals surface area contributed by atoms with E-state index < -0.39 is 0 Å². The van der Waals surface area contributed by atoms with Gasteiger partial charge < -0.3 is 15.4 Å². The van der Waals surface area contributed by atoms with Gasteiger partial charge in [-0.2, -0.15) is 0 Å². The number of nitrogens with zero attached hydrogens (tertiary/aromatic N) is 1. The molecule has 6 nitrogen and oxygen atoms in total. The highest BCUT2D eigenvalue weighted by Gasteiger charge is 2.24. The number of amides is 2. The number of halogens is 1. The topological polar surface area (TPSA) is 79.8 Å². The molecule has 0 aliphatic carbocycles. The van der Waals surface area contributed by atoms with Crippen molar-refractivity contribution in [2.24, 2.45) is 4.99 Å². The molecule has 8 heteroatoms. The summed E-state index contributed by atoms with van der Waals surface area (Å²) in [6.07, 6.45) is 1.78. The van der Waals surface area contributed by atoms with Crippen LogP contribution in [-0.2, 0) is 9.59 Å². The summed E-state index contributed by atoms with van der Waals surface area (Å²) >= 11 is 7.41. The van der Waals surface area contributed by atoms with Crippen LogP contribution in [0, 0.1) is 6.92 Å². The zero-order chi connectivity index (χ0) is 23.2. The van der Waals surface area contributed by atoms with Crippen LogP contribution in [0.3, 0.4) is 0 Å². The number of benzene rings is 3. The molecular weight excluding hydrogens is 458 g/mol. The van der Waals surface area contributed by atoms with E-state index in [-0.39, 0.29) is 18.4 Å². The molecule has 1 aliphatic rings. The zero-order valence-electron chi connectivity index (χ0n) is 17.7. The van der Waals surface area contributed by atoms with Crippen molar-refractivity contribution in [1.29, 1.82) is 0 Å². The number of ether oxygens (including phenoxy) is 1. The van der Waals surface area contributed by atoms with E-state index in [9.17, 15) is 9.59 Å². The highest BCUT2D eigenvalue weighted by molar-refractivity contribution is 8.18. The molecule has 1 fully saturated rings. The summed E-state index contributed by atoms with van der Waals surface area (Å²) in [4.78, 5) is 29.4. The molecule has 33 heavy (non-hydrogen) atoms. The molecule has 0 radical (unpaired) electrons. The highest BCUT2D eigenvalue weighted by atomic mass is 35.5. The van der Waals surface area contributed by atoms with E-state index >= 15 is 0 Å². The van der Waals surface area contributed by atoms with E-state index in [1.807, 2.05) is 61.5 Å². The van der Waals surface area contributed by atoms with Crippen LogP contribution in [0.15, 0.2) is 82.7 Å². The van der Waals surface area contributed by atoms with Crippen molar-refractivity contribution in [3.8, 4) is 5.75 Å². The summed E-state index contributed by atoms with van der Waals surface area (Å²) in [5.41, 5.74) is 3.11. The monoisotopic (exact) mass is 477 g/mol. The van der Waals surface area contributed by atoms with Gasteiger partial charge in [0.05, 0.1) is 10.6 Å². The SMILES string of the molecule is Cc1c(Cl)cccc1N=C1NC(=O)/C(=C\c2ccc(OCC(=O)Nc3ccccc3)cc2)S1. The van der Waals surface area contributed by atoms with E-state index in [0.29, 0.717) is 32.2 Å². The fraction of sp³-hybridized carbons (Fsp3) is 0.0800. The summed E-state index contributed by atoms with van der Waals surface area (Å²) in [6.45, 7) is 1.78. The van der Waals surface area contributed by atoms with Gasteiger partial charge in [0.2, 0.25) is 0 Å². The fourth-order valence-electron chi connectivity index (χ4n) is 2.99. The van der Waals surface area contributed by atoms with Gasteiger partial charge in [-0.3, -0.25) is 9.59 Å². The minimum absolute atomic E-state index is 0.101. The quantitative estimate of drug-likeness (QED) is 0.456. The molecule has 3 aromatic rings. The number of para-hydroxylation sites is 1. The Balaban J connectivity index is 1.36. The smallest absolute Gasteiger partial charge is 0.264 e. The first-order chi connectivity index (χ1) is 16.0. The summed E-state index contributed by atoms with van der Waals surface area (Å²) < 4.78 is 5.54. The summed E-state index contributed by atoms with van der Waals surface area (Å²) in [5.74, 6) is 0.104. The van der Waals surface area contributed by atoms with Crippen molar-refractivity contribution < 1.29 is 14.3 Å². The van der Waals surface area contributed by atoms with Gasteiger partial charge >= 0.3 is 0 Å². The standard InChI is InChI=1S/C25H20ClN3O3S/c1-16-20(26)8-5-9-21(16)28-25-29-24(31)22(33-25)14-17-10-12-19(13-11-17)32-15-23(30)27-18-6-3-2-4-7-18/h2-14H,15H2,1H3,(H,27,30)(H,28,29,31)/b22-14+. The molecule has 0 spiro atoms. The first-order valence-electron chi connectivity index (χ1n) is 10.1. The molecule has 2 amide bonds. The second-order valence-corrected chi connectivity index (χ2v) is 8.58. The lowest BCUT2D eigenvalue weighted by molar-refractivity contribution is -0.118. The third kappa shape index (κ3) is 6.03. The second-order valence-electron chi connectivity index (χ2n) is 7.14. The summed E-state index contributed by atoms with van der Waals surface area (Å²) in [6, 6.07) is 21.8. The van der Waals surface area contributed by atoms with E-state index in [0.717, 1.165) is 11.1 Å². The van der Waals surface area contributed by atoms with Gasteiger partial charge in [0.1, 0.15) is 5.75 Å². The molecule has 3 aromatic carbocycles. The Hall–Kier alpha value is -3.55. The maximum Gasteiger partial charge on any atom is 0.264 e. The number of thioether (sulfide) groups is 1. The molecule has 1 aliphatic heterocycles. The largest absolute Gasteiger partial charge is 0.484 e. The first-order valence-corrected chi connectivity index (χ1v) is 11.3. The van der Waals surface area contributed by atoms with Crippen LogP contribution in [0.2, 0.25) is 5.02 Å². The summed E-state index contributed by atoms with van der Waals surface area (Å²) in [5, 5.41) is 6.67. The normalized spacial score (nSPS) is 15.5. The van der Waals surface area contributed by atoms with E-state index in [1.165, 1.54) is 11.8 Å². The number of anilines is 1. The van der Waals surface area contributed by atoms with Crippen LogP contribution in [0.5, 0.6) is 5.75 Å². The molecule has 1 heterocycles. The average molecular weight is 478 g/mol. The average Bonchev–Trinajstić information content (AvgIpc) is 3.15. The van der Waals surface area contributed by atoms with Crippen LogP contribution in [0.4, 0.5) is 11.4 Å². The third-order valence-corrected chi connectivity index (χ3v) is 6.04. The minimum Gasteiger partial charge on any atom is -0.484 e. The molecule has 0 bridgehead atoms. The number of hydrogen-bond donors (Lipinski definition) is 2. The predicted octanol–water partition coefficient (Wildman–Crippen LogP) is 5.56. The molecule has 166 valence electrons. The Bertz CT molecular complexity index is 1240. The number of rotatable bonds is 6. The number of aliphatic imine (C=N–C) groups is 1. The van der Waals surface area contributed by atoms with E-state index in [1.54, 1.807) is 24.3 Å². The Labute approximate surface area is 200 Å². The van der Waals surface area contributed by atoms with Crippen LogP contribution >= 0.6 is 23.4 Å². The Morgan fingerprint density at radius 1 is 1.09 bits per heavy atom. The van der Waals surface area contributed by atoms with Gasteiger partial charge in [-0.15, -0.1) is 0 Å². The van der Waals surface area contributed by atoms with Gasteiger partial charge in [0.15, 0.2) is 11.8 Å². The minimum atomic E-state index is -0.242. The summed E-state index contributed by atoms with van der Waals surface area (Å²) in [7, 11) is 0. The molecule has 1 saturated heterocycles. The lowest BCUT2D eigenvalue weighted by atomic mass is 10.2. The number of nitrogens with one attached hydrogen (secondary N) is 2. The first kappa shape index (κ1) is 22.6. The third-order valence-electron chi connectivity index (χ3n) is 4.72. The van der Waals surface area contributed by atoms with Crippen molar-refractivity contribution >= 4 is 57.8 Å². The van der Waals surface area contributed by atoms with Gasteiger partial charge in [0, 0.05) is 10.7 Å². The van der Waals surface area contributed by atoms with Gasteiger partial charge in [-0.25, -0.2) is 4.99 Å². The highest BCUT2D eigenvalue weighted by Crippen LogP contribution is 2.31. The number of carbonyl (C=O) groups is 2. The fourth-order valence-corrected chi connectivity index (χ4v) is 3.99. The molecule has 4 rings (SSSR count). The zero-order valence-corrected chi connectivity index (χ0v) is 19.2. The maximum absolute atomic E-state index is 12.3. The lowest BCUT2D eigenvalue weighted by Gasteiger charge is -2.07. The van der Waals surface area contributed by atoms with Crippen LogP contribution < -0.4 is 15.4 Å². The molecule has 0 unspecified atom stereocenters. The van der Waals surface area contributed by atoms with Crippen molar-refractivity contribution in [2.75, 3.05) is 11.9 Å². The molecular formula is C25H20ClN3O3S. The van der Waals surface area contributed by atoms with Crippen molar-refractivity contribution in [2.45, 2.75) is 6.92 Å². The number of hydrogen-bond acceptors (Lipinski definition) is 5. The Morgan fingerprint density at radius 2 is 1.85 bits per heavy atom. The molecule has 0 atom stereocenters. The predicted molar refractivity (Wildman–Crippen MR) is 134 cm³/mol. The van der Waals surface area contributed by atoms with Crippen molar-refractivity contribution in [1.82, 2.24) is 5.32 Å². The van der Waals surface area contributed by atoms with Gasteiger partial charge in [-0.1, -0.05) is 48.0 Å². The Kier molecular flexibility index (Phi) is 7.12. The van der Waals surface area contributed by atoms with E-state index in [2.05, 4.69) is 15.6 Å². The van der Waals surface area contributed by atoms with Gasteiger partial charge in [-0.05, 0) is 72.3 Å². The van der Waals surface area contributed by atoms with Crippen molar-refractivity contribution in [3.05, 3.63) is 93.9 Å². The van der Waals surface area contributed by atoms with Gasteiger partial charge in [0.25, 0.3) is 11.8 Å². The molecule has 0 saturated carbocycles. The molecule has 2 N–H and O–H groups in total. The van der Waals surface area contributed by atoms with Crippen LogP contribution in [0.25, 0.3) is 6.08 Å². The molecule has 0 aromatic heterocycles. The number of amidine groups is 1. The lowest BCUT2D eigenvalue weighted by Crippen LogP contribution is -2.20. The maximum atomic E-state index is 12.3. The Morgan fingerprint density at radius 3 is 2.61 bits per heavy atom. The van der Waals surface area contributed by atoms with E-state index in [4.69, 9.17) is 16.3 Å². The van der Waals surface area contributed by atoms with Crippen molar-refractivity contribution in [3.63, 3.8) is 0 Å². The van der Waals surface area contributed by atoms with Crippen LogP contribution in [0.1, 0.15) is 11.1 Å². The second kappa shape index (κ2) is 10.4.